The molecule has 0 spiro atoms. The summed E-state index contributed by atoms with van der Waals surface area (Å²) in [5.41, 5.74) is 0.0746. The Labute approximate surface area is 109 Å². The minimum Gasteiger partial charge on any atom is -0.296 e. The molecular formula is C13H22Cl2O. The molecule has 1 aliphatic carbocycles. The van der Waals surface area contributed by atoms with Gasteiger partial charge in [-0.3, -0.25) is 4.79 Å². The van der Waals surface area contributed by atoms with Gasteiger partial charge < -0.3 is 0 Å². The molecular weight excluding hydrogens is 243 g/mol. The monoisotopic (exact) mass is 264 g/mol. The van der Waals surface area contributed by atoms with Crippen LogP contribution in [0.25, 0.3) is 0 Å². The lowest BCUT2D eigenvalue weighted by Crippen LogP contribution is -2.54. The quantitative estimate of drug-likeness (QED) is 0.500. The summed E-state index contributed by atoms with van der Waals surface area (Å²) in [7, 11) is 0. The summed E-state index contributed by atoms with van der Waals surface area (Å²) < 4.78 is -1.12. The smallest absolute Gasteiger partial charge is 0.179 e. The molecule has 0 amide bonds. The Balaban J connectivity index is 2.42. The number of carbonyl (C=O) groups excluding carboxylic acids is 1. The van der Waals surface area contributed by atoms with Gasteiger partial charge in [-0.25, -0.2) is 0 Å². The van der Waals surface area contributed by atoms with E-state index in [0.29, 0.717) is 6.42 Å². The zero-order chi connectivity index (χ0) is 12.4. The van der Waals surface area contributed by atoms with E-state index in [9.17, 15) is 4.79 Å². The van der Waals surface area contributed by atoms with Crippen molar-refractivity contribution in [2.24, 2.45) is 11.3 Å². The number of Topliss-reactive ketones (excluding diaryl/α,β-unsaturated/α-hetero) is 1. The average molecular weight is 265 g/mol. The van der Waals surface area contributed by atoms with Gasteiger partial charge in [0, 0.05) is 12.3 Å². The van der Waals surface area contributed by atoms with Crippen molar-refractivity contribution in [2.45, 2.75) is 63.6 Å². The molecule has 94 valence electrons. The highest BCUT2D eigenvalue weighted by molar-refractivity contribution is 6.60. The van der Waals surface area contributed by atoms with Crippen LogP contribution in [-0.4, -0.2) is 10.1 Å². The Morgan fingerprint density at radius 2 is 1.94 bits per heavy atom. The summed E-state index contributed by atoms with van der Waals surface area (Å²) in [5, 5.41) is 0. The largest absolute Gasteiger partial charge is 0.296 e. The Kier molecular flexibility index (Phi) is 4.71. The number of alkyl halides is 2. The van der Waals surface area contributed by atoms with Crippen LogP contribution in [0.1, 0.15) is 59.3 Å². The number of halogens is 2. The zero-order valence-corrected chi connectivity index (χ0v) is 12.0. The maximum Gasteiger partial charge on any atom is 0.179 e. The minimum absolute atomic E-state index is 0.0116. The number of hydrogen-bond acceptors (Lipinski definition) is 1. The van der Waals surface area contributed by atoms with Crippen molar-refractivity contribution in [3.8, 4) is 0 Å². The van der Waals surface area contributed by atoms with Gasteiger partial charge in [0.2, 0.25) is 0 Å². The highest BCUT2D eigenvalue weighted by Gasteiger charge is 2.57. The van der Waals surface area contributed by atoms with E-state index in [0.717, 1.165) is 6.42 Å². The van der Waals surface area contributed by atoms with Gasteiger partial charge in [0.1, 0.15) is 0 Å². The van der Waals surface area contributed by atoms with E-state index in [1.807, 2.05) is 0 Å². The van der Waals surface area contributed by atoms with Crippen LogP contribution in [0.15, 0.2) is 0 Å². The molecule has 1 aliphatic rings. The Morgan fingerprint density at radius 3 is 2.38 bits per heavy atom. The number of rotatable bonds is 6. The fourth-order valence-corrected chi connectivity index (χ4v) is 3.36. The molecule has 0 N–H and O–H groups in total. The summed E-state index contributed by atoms with van der Waals surface area (Å²) in [6.45, 7) is 6.56. The summed E-state index contributed by atoms with van der Waals surface area (Å²) in [6.07, 6.45) is 6.65. The van der Waals surface area contributed by atoms with Gasteiger partial charge >= 0.3 is 0 Å². The first kappa shape index (κ1) is 14.3. The van der Waals surface area contributed by atoms with Crippen molar-refractivity contribution < 1.29 is 4.79 Å². The zero-order valence-electron chi connectivity index (χ0n) is 10.5. The number of carbonyl (C=O) groups is 1. The van der Waals surface area contributed by atoms with Gasteiger partial charge in [-0.05, 0) is 11.8 Å². The van der Waals surface area contributed by atoms with Crippen molar-refractivity contribution in [1.29, 1.82) is 0 Å². The minimum atomic E-state index is -1.12. The van der Waals surface area contributed by atoms with Crippen molar-refractivity contribution in [3.05, 3.63) is 0 Å². The van der Waals surface area contributed by atoms with E-state index in [4.69, 9.17) is 23.2 Å². The molecule has 1 nitrogen and oxygen atoms in total. The standard InChI is InChI=1S/C13H22Cl2O/c1-4-5-6-7-8-12(2,3)10-9-11(16)13(10,14)15/h10H,4-9H2,1-3H3. The molecule has 0 radical (unpaired) electrons. The molecule has 0 aromatic heterocycles. The van der Waals surface area contributed by atoms with Crippen molar-refractivity contribution in [1.82, 2.24) is 0 Å². The molecule has 0 aromatic rings. The van der Waals surface area contributed by atoms with Crippen molar-refractivity contribution in [2.75, 3.05) is 0 Å². The Hall–Kier alpha value is 0.250. The van der Waals surface area contributed by atoms with Crippen LogP contribution < -0.4 is 0 Å². The van der Waals surface area contributed by atoms with E-state index in [1.165, 1.54) is 25.7 Å². The fourth-order valence-electron chi connectivity index (χ4n) is 2.46. The second-order valence-corrected chi connectivity index (χ2v) is 6.99. The Bertz CT molecular complexity index is 259. The van der Waals surface area contributed by atoms with E-state index < -0.39 is 4.33 Å². The molecule has 1 rings (SSSR count). The van der Waals surface area contributed by atoms with Crippen LogP contribution in [0.5, 0.6) is 0 Å². The van der Waals surface area contributed by atoms with Crippen LogP contribution in [0, 0.1) is 11.3 Å². The SMILES string of the molecule is CCCCCCC(C)(C)C1CC(=O)C1(Cl)Cl. The average Bonchev–Trinajstić information content (AvgIpc) is 2.21. The highest BCUT2D eigenvalue weighted by Crippen LogP contribution is 2.54. The van der Waals surface area contributed by atoms with Crippen molar-refractivity contribution in [3.63, 3.8) is 0 Å². The number of unbranched alkanes of at least 4 members (excludes halogenated alkanes) is 3. The predicted octanol–water partition coefficient (Wildman–Crippen LogP) is 4.75. The second kappa shape index (κ2) is 5.27. The van der Waals surface area contributed by atoms with Crippen LogP contribution >= 0.6 is 23.2 Å². The van der Waals surface area contributed by atoms with E-state index >= 15 is 0 Å². The molecule has 0 saturated heterocycles. The van der Waals surface area contributed by atoms with Gasteiger partial charge in [0.25, 0.3) is 0 Å². The van der Waals surface area contributed by atoms with E-state index in [1.54, 1.807) is 0 Å². The lowest BCUT2D eigenvalue weighted by Gasteiger charge is -2.47. The lowest BCUT2D eigenvalue weighted by atomic mass is 9.64. The van der Waals surface area contributed by atoms with E-state index in [2.05, 4.69) is 20.8 Å². The van der Waals surface area contributed by atoms with Gasteiger partial charge in [-0.2, -0.15) is 0 Å². The molecule has 0 bridgehead atoms. The van der Waals surface area contributed by atoms with Gasteiger partial charge in [0.15, 0.2) is 10.1 Å². The molecule has 3 heteroatoms. The topological polar surface area (TPSA) is 17.1 Å². The van der Waals surface area contributed by atoms with Gasteiger partial charge in [-0.15, -0.1) is 0 Å². The summed E-state index contributed by atoms with van der Waals surface area (Å²) in [4.78, 5) is 11.3. The first-order chi connectivity index (χ1) is 7.32. The Morgan fingerprint density at radius 1 is 1.31 bits per heavy atom. The molecule has 1 atom stereocenters. The first-order valence-electron chi connectivity index (χ1n) is 6.23. The van der Waals surface area contributed by atoms with Crippen LogP contribution in [-0.2, 0) is 4.79 Å². The molecule has 0 aromatic carbocycles. The predicted molar refractivity (Wildman–Crippen MR) is 70.1 cm³/mol. The maximum absolute atomic E-state index is 11.3. The molecule has 1 unspecified atom stereocenters. The van der Waals surface area contributed by atoms with Gasteiger partial charge in [-0.1, -0.05) is 69.7 Å². The summed E-state index contributed by atoms with van der Waals surface area (Å²) >= 11 is 12.1. The molecule has 16 heavy (non-hydrogen) atoms. The highest BCUT2D eigenvalue weighted by atomic mass is 35.5. The first-order valence-corrected chi connectivity index (χ1v) is 6.99. The van der Waals surface area contributed by atoms with Crippen LogP contribution in [0.4, 0.5) is 0 Å². The normalized spacial score (nSPS) is 24.3. The fraction of sp³-hybridized carbons (Fsp3) is 0.923. The molecule has 1 saturated carbocycles. The van der Waals surface area contributed by atoms with Gasteiger partial charge in [0.05, 0.1) is 0 Å². The van der Waals surface area contributed by atoms with Crippen LogP contribution in [0.3, 0.4) is 0 Å². The number of ketones is 1. The second-order valence-electron chi connectivity index (χ2n) is 5.60. The maximum atomic E-state index is 11.3. The summed E-state index contributed by atoms with van der Waals surface area (Å²) in [6, 6.07) is 0. The number of hydrogen-bond donors (Lipinski definition) is 0. The third-order valence-corrected chi connectivity index (χ3v) is 4.77. The van der Waals surface area contributed by atoms with E-state index in [-0.39, 0.29) is 17.1 Å². The van der Waals surface area contributed by atoms with Crippen molar-refractivity contribution >= 4 is 29.0 Å². The lowest BCUT2D eigenvalue weighted by molar-refractivity contribution is -0.132. The van der Waals surface area contributed by atoms with Crippen LogP contribution in [0.2, 0.25) is 0 Å². The molecule has 0 aliphatic heterocycles. The summed E-state index contributed by atoms with van der Waals surface area (Å²) in [5.74, 6) is 0.111. The third-order valence-electron chi connectivity index (χ3n) is 3.82. The molecule has 1 fully saturated rings. The third kappa shape index (κ3) is 2.92. The molecule has 0 heterocycles.